The minimum absolute atomic E-state index is 0.206. The fraction of sp³-hybridized carbons (Fsp3) is 0.625. The van der Waals surface area contributed by atoms with Crippen LogP contribution in [0, 0.1) is 5.92 Å². The SMILES string of the molecule is CCCCOc1ccc(C(N)C2CCCC2)cc1. The summed E-state index contributed by atoms with van der Waals surface area (Å²) in [6.07, 6.45) is 7.55. The van der Waals surface area contributed by atoms with Crippen molar-refractivity contribution in [1.82, 2.24) is 0 Å². The van der Waals surface area contributed by atoms with E-state index in [2.05, 4.69) is 31.2 Å². The molecule has 1 fully saturated rings. The van der Waals surface area contributed by atoms with Crippen LogP contribution < -0.4 is 10.5 Å². The molecule has 1 atom stereocenters. The molecule has 2 nitrogen and oxygen atoms in total. The Kier molecular flexibility index (Phi) is 5.06. The quantitative estimate of drug-likeness (QED) is 0.769. The van der Waals surface area contributed by atoms with Crippen molar-refractivity contribution in [2.24, 2.45) is 11.7 Å². The zero-order valence-electron chi connectivity index (χ0n) is 11.4. The van der Waals surface area contributed by atoms with E-state index in [1.54, 1.807) is 0 Å². The Morgan fingerprint density at radius 1 is 1.22 bits per heavy atom. The van der Waals surface area contributed by atoms with Crippen LogP contribution in [0.15, 0.2) is 24.3 Å². The van der Waals surface area contributed by atoms with Crippen molar-refractivity contribution in [3.8, 4) is 5.75 Å². The number of benzene rings is 1. The summed E-state index contributed by atoms with van der Waals surface area (Å²) in [5.41, 5.74) is 7.59. The predicted octanol–water partition coefficient (Wildman–Crippen LogP) is 4.06. The molecule has 2 rings (SSSR count). The molecular weight excluding hydrogens is 222 g/mol. The molecule has 0 heterocycles. The van der Waals surface area contributed by atoms with Crippen LogP contribution in [0.25, 0.3) is 0 Å². The first-order valence-electron chi connectivity index (χ1n) is 7.29. The summed E-state index contributed by atoms with van der Waals surface area (Å²) < 4.78 is 5.67. The van der Waals surface area contributed by atoms with Crippen molar-refractivity contribution in [2.75, 3.05) is 6.61 Å². The van der Waals surface area contributed by atoms with Crippen molar-refractivity contribution in [2.45, 2.75) is 51.5 Å². The van der Waals surface area contributed by atoms with Crippen molar-refractivity contribution in [1.29, 1.82) is 0 Å². The summed E-state index contributed by atoms with van der Waals surface area (Å²) in [7, 11) is 0. The van der Waals surface area contributed by atoms with Crippen molar-refractivity contribution in [3.05, 3.63) is 29.8 Å². The third kappa shape index (κ3) is 3.49. The average molecular weight is 247 g/mol. The van der Waals surface area contributed by atoms with Gasteiger partial charge in [-0.2, -0.15) is 0 Å². The molecule has 0 radical (unpaired) electrons. The van der Waals surface area contributed by atoms with E-state index >= 15 is 0 Å². The minimum atomic E-state index is 0.206. The van der Waals surface area contributed by atoms with Gasteiger partial charge in [-0.3, -0.25) is 0 Å². The van der Waals surface area contributed by atoms with Crippen LogP contribution in [-0.4, -0.2) is 6.61 Å². The molecule has 1 aliphatic rings. The van der Waals surface area contributed by atoms with Crippen molar-refractivity contribution in [3.63, 3.8) is 0 Å². The van der Waals surface area contributed by atoms with Gasteiger partial charge in [-0.1, -0.05) is 38.3 Å². The van der Waals surface area contributed by atoms with E-state index in [9.17, 15) is 0 Å². The molecule has 1 aromatic rings. The molecule has 100 valence electrons. The molecule has 0 amide bonds. The zero-order chi connectivity index (χ0) is 12.8. The molecule has 2 N–H and O–H groups in total. The van der Waals surface area contributed by atoms with Gasteiger partial charge in [-0.05, 0) is 42.9 Å². The second-order valence-corrected chi connectivity index (χ2v) is 5.34. The Labute approximate surface area is 111 Å². The third-order valence-corrected chi connectivity index (χ3v) is 3.94. The molecule has 1 saturated carbocycles. The van der Waals surface area contributed by atoms with Crippen LogP contribution in [0.4, 0.5) is 0 Å². The number of hydrogen-bond donors (Lipinski definition) is 1. The Balaban J connectivity index is 1.89. The lowest BCUT2D eigenvalue weighted by atomic mass is 9.92. The maximum absolute atomic E-state index is 6.33. The van der Waals surface area contributed by atoms with Gasteiger partial charge in [0, 0.05) is 6.04 Å². The summed E-state index contributed by atoms with van der Waals surface area (Å²) in [4.78, 5) is 0. The van der Waals surface area contributed by atoms with Crippen LogP contribution in [0.2, 0.25) is 0 Å². The van der Waals surface area contributed by atoms with E-state index in [1.165, 1.54) is 37.7 Å². The highest BCUT2D eigenvalue weighted by atomic mass is 16.5. The van der Waals surface area contributed by atoms with Gasteiger partial charge in [0.2, 0.25) is 0 Å². The Morgan fingerprint density at radius 3 is 2.50 bits per heavy atom. The maximum Gasteiger partial charge on any atom is 0.119 e. The van der Waals surface area contributed by atoms with Gasteiger partial charge in [0.1, 0.15) is 5.75 Å². The second-order valence-electron chi connectivity index (χ2n) is 5.34. The molecule has 2 heteroatoms. The molecular formula is C16H25NO. The fourth-order valence-electron chi connectivity index (χ4n) is 2.71. The summed E-state index contributed by atoms with van der Waals surface area (Å²) >= 11 is 0. The molecule has 1 aliphatic carbocycles. The number of unbranched alkanes of at least 4 members (excludes halogenated alkanes) is 1. The topological polar surface area (TPSA) is 35.2 Å². The Hall–Kier alpha value is -1.02. The molecule has 0 spiro atoms. The minimum Gasteiger partial charge on any atom is -0.494 e. The summed E-state index contributed by atoms with van der Waals surface area (Å²) in [5.74, 6) is 1.64. The van der Waals surface area contributed by atoms with Crippen LogP contribution in [0.3, 0.4) is 0 Å². The average Bonchev–Trinajstić information content (AvgIpc) is 2.93. The second kappa shape index (κ2) is 6.79. The Morgan fingerprint density at radius 2 is 1.89 bits per heavy atom. The van der Waals surface area contributed by atoms with Gasteiger partial charge in [0.15, 0.2) is 0 Å². The highest BCUT2D eigenvalue weighted by Gasteiger charge is 2.22. The first-order valence-corrected chi connectivity index (χ1v) is 7.29. The van der Waals surface area contributed by atoms with Crippen LogP contribution in [-0.2, 0) is 0 Å². The van der Waals surface area contributed by atoms with Crippen molar-refractivity contribution >= 4 is 0 Å². The van der Waals surface area contributed by atoms with Gasteiger partial charge in [-0.25, -0.2) is 0 Å². The summed E-state index contributed by atoms with van der Waals surface area (Å²) in [6, 6.07) is 8.57. The van der Waals surface area contributed by atoms with Gasteiger partial charge >= 0.3 is 0 Å². The van der Waals surface area contributed by atoms with E-state index in [0.717, 1.165) is 18.8 Å². The third-order valence-electron chi connectivity index (χ3n) is 3.94. The lowest BCUT2D eigenvalue weighted by Gasteiger charge is -2.19. The largest absolute Gasteiger partial charge is 0.494 e. The normalized spacial score (nSPS) is 17.9. The van der Waals surface area contributed by atoms with E-state index in [1.807, 2.05) is 0 Å². The molecule has 0 bridgehead atoms. The fourth-order valence-corrected chi connectivity index (χ4v) is 2.71. The van der Waals surface area contributed by atoms with E-state index in [4.69, 9.17) is 10.5 Å². The van der Waals surface area contributed by atoms with E-state index in [-0.39, 0.29) is 6.04 Å². The summed E-state index contributed by atoms with van der Waals surface area (Å²) in [5, 5.41) is 0. The molecule has 0 aromatic heterocycles. The monoisotopic (exact) mass is 247 g/mol. The highest BCUT2D eigenvalue weighted by molar-refractivity contribution is 5.29. The number of nitrogens with two attached hydrogens (primary N) is 1. The molecule has 18 heavy (non-hydrogen) atoms. The van der Waals surface area contributed by atoms with Gasteiger partial charge in [0.25, 0.3) is 0 Å². The predicted molar refractivity (Wildman–Crippen MR) is 75.7 cm³/mol. The lowest BCUT2D eigenvalue weighted by Crippen LogP contribution is -2.18. The first kappa shape index (κ1) is 13.4. The highest BCUT2D eigenvalue weighted by Crippen LogP contribution is 2.34. The van der Waals surface area contributed by atoms with E-state index in [0.29, 0.717) is 5.92 Å². The number of hydrogen-bond acceptors (Lipinski definition) is 2. The molecule has 0 aliphatic heterocycles. The smallest absolute Gasteiger partial charge is 0.119 e. The zero-order valence-corrected chi connectivity index (χ0v) is 11.4. The molecule has 0 saturated heterocycles. The van der Waals surface area contributed by atoms with Gasteiger partial charge in [-0.15, -0.1) is 0 Å². The Bertz CT molecular complexity index is 341. The number of rotatable bonds is 6. The van der Waals surface area contributed by atoms with Crippen LogP contribution in [0.5, 0.6) is 5.75 Å². The maximum atomic E-state index is 6.33. The van der Waals surface area contributed by atoms with Crippen LogP contribution >= 0.6 is 0 Å². The van der Waals surface area contributed by atoms with E-state index < -0.39 is 0 Å². The lowest BCUT2D eigenvalue weighted by molar-refractivity contribution is 0.309. The van der Waals surface area contributed by atoms with Crippen LogP contribution in [0.1, 0.15) is 57.1 Å². The first-order chi connectivity index (χ1) is 8.81. The molecule has 1 aromatic carbocycles. The van der Waals surface area contributed by atoms with Gasteiger partial charge in [0.05, 0.1) is 6.61 Å². The van der Waals surface area contributed by atoms with Gasteiger partial charge < -0.3 is 10.5 Å². The van der Waals surface area contributed by atoms with Crippen molar-refractivity contribution < 1.29 is 4.74 Å². The summed E-state index contributed by atoms with van der Waals surface area (Å²) in [6.45, 7) is 2.98. The standard InChI is InChI=1S/C16H25NO/c1-2-3-12-18-15-10-8-14(9-11-15)16(17)13-6-4-5-7-13/h8-11,13,16H,2-7,12,17H2,1H3. The molecule has 1 unspecified atom stereocenters. The number of ether oxygens (including phenoxy) is 1.